The molecule has 0 saturated carbocycles. The van der Waals surface area contributed by atoms with Gasteiger partial charge in [0.05, 0.1) is 5.71 Å². The van der Waals surface area contributed by atoms with Crippen molar-refractivity contribution in [2.24, 2.45) is 10.6 Å². The Kier molecular flexibility index (Phi) is 4.49. The second-order valence-corrected chi connectivity index (χ2v) is 4.72. The highest BCUT2D eigenvalue weighted by Gasteiger charge is 2.20. The maximum absolute atomic E-state index is 12.9. The molecule has 0 amide bonds. The molecule has 0 N–H and O–H groups in total. The third kappa shape index (κ3) is 4.43. The van der Waals surface area contributed by atoms with Gasteiger partial charge in [0.1, 0.15) is 25.3 Å². The van der Waals surface area contributed by atoms with Crippen LogP contribution in [-0.4, -0.2) is 19.4 Å². The lowest BCUT2D eigenvalue weighted by Gasteiger charge is -2.20. The molecule has 94 valence electrons. The minimum atomic E-state index is -0.316. The van der Waals surface area contributed by atoms with E-state index in [2.05, 4.69) is 5.16 Å². The van der Waals surface area contributed by atoms with E-state index in [-0.39, 0.29) is 17.8 Å². The second kappa shape index (κ2) is 5.66. The number of rotatable bonds is 4. The number of nitrogens with zero attached hydrogens (tertiary/aromatic N) is 1. The quantitative estimate of drug-likeness (QED) is 0.596. The lowest BCUT2D eigenvalue weighted by Crippen LogP contribution is -2.27. The molecule has 3 nitrogen and oxygen atoms in total. The number of hydrogen-bond acceptors (Lipinski definition) is 3. The SMILES string of the molecule is CON=C(COc1cccc(F)c1)C(C)(C)C. The Bertz CT molecular complexity index is 397. The zero-order chi connectivity index (χ0) is 12.9. The predicted octanol–water partition coefficient (Wildman–Crippen LogP) is 3.25. The van der Waals surface area contributed by atoms with Crippen molar-refractivity contribution in [1.82, 2.24) is 0 Å². The van der Waals surface area contributed by atoms with Gasteiger partial charge in [0, 0.05) is 11.5 Å². The highest BCUT2D eigenvalue weighted by molar-refractivity contribution is 5.90. The van der Waals surface area contributed by atoms with Crippen molar-refractivity contribution in [3.63, 3.8) is 0 Å². The molecule has 1 aromatic carbocycles. The van der Waals surface area contributed by atoms with Crippen LogP contribution in [0.5, 0.6) is 5.75 Å². The standard InChI is InChI=1S/C13H18FNO2/c1-13(2,3)12(15-16-4)9-17-11-7-5-6-10(14)8-11/h5-8H,9H2,1-4H3. The molecule has 0 aliphatic rings. The molecule has 17 heavy (non-hydrogen) atoms. The molecular weight excluding hydrogens is 221 g/mol. The van der Waals surface area contributed by atoms with Gasteiger partial charge in [-0.15, -0.1) is 0 Å². The molecule has 4 heteroatoms. The van der Waals surface area contributed by atoms with Crippen molar-refractivity contribution in [2.75, 3.05) is 13.7 Å². The maximum atomic E-state index is 12.9. The van der Waals surface area contributed by atoms with Crippen LogP contribution in [0, 0.1) is 11.2 Å². The highest BCUT2D eigenvalue weighted by Crippen LogP contribution is 2.18. The van der Waals surface area contributed by atoms with Crippen LogP contribution < -0.4 is 4.74 Å². The Morgan fingerprint density at radius 2 is 2.06 bits per heavy atom. The van der Waals surface area contributed by atoms with Crippen LogP contribution in [0.2, 0.25) is 0 Å². The zero-order valence-corrected chi connectivity index (χ0v) is 10.7. The van der Waals surface area contributed by atoms with E-state index in [0.717, 1.165) is 5.71 Å². The smallest absolute Gasteiger partial charge is 0.130 e. The second-order valence-electron chi connectivity index (χ2n) is 4.72. The van der Waals surface area contributed by atoms with Gasteiger partial charge in [-0.3, -0.25) is 0 Å². The van der Waals surface area contributed by atoms with Crippen LogP contribution in [0.3, 0.4) is 0 Å². The van der Waals surface area contributed by atoms with Crippen LogP contribution in [0.15, 0.2) is 29.4 Å². The molecule has 0 saturated heterocycles. The van der Waals surface area contributed by atoms with Crippen LogP contribution in [0.4, 0.5) is 4.39 Å². The Morgan fingerprint density at radius 3 is 2.59 bits per heavy atom. The molecule has 0 fully saturated rings. The highest BCUT2D eigenvalue weighted by atomic mass is 19.1. The average molecular weight is 239 g/mol. The topological polar surface area (TPSA) is 30.8 Å². The van der Waals surface area contributed by atoms with E-state index in [0.29, 0.717) is 5.75 Å². The zero-order valence-electron chi connectivity index (χ0n) is 10.7. The summed E-state index contributed by atoms with van der Waals surface area (Å²) in [5.41, 5.74) is 0.618. The third-order valence-corrected chi connectivity index (χ3v) is 2.24. The molecule has 0 aliphatic carbocycles. The number of benzene rings is 1. The molecule has 1 rings (SSSR count). The molecule has 0 radical (unpaired) electrons. The first-order valence-electron chi connectivity index (χ1n) is 5.42. The Balaban J connectivity index is 2.68. The van der Waals surface area contributed by atoms with Crippen molar-refractivity contribution in [2.45, 2.75) is 20.8 Å². The van der Waals surface area contributed by atoms with Crippen molar-refractivity contribution < 1.29 is 14.0 Å². The van der Waals surface area contributed by atoms with Gasteiger partial charge < -0.3 is 9.57 Å². The van der Waals surface area contributed by atoms with Crippen LogP contribution >= 0.6 is 0 Å². The fourth-order valence-corrected chi connectivity index (χ4v) is 1.20. The van der Waals surface area contributed by atoms with Crippen molar-refractivity contribution in [3.05, 3.63) is 30.1 Å². The molecule has 1 aromatic rings. The first-order valence-corrected chi connectivity index (χ1v) is 5.42. The molecule has 0 unspecified atom stereocenters. The number of oxime groups is 1. The fourth-order valence-electron chi connectivity index (χ4n) is 1.20. The largest absolute Gasteiger partial charge is 0.487 e. The van der Waals surface area contributed by atoms with Crippen molar-refractivity contribution in [1.29, 1.82) is 0 Å². The molecule has 0 aliphatic heterocycles. The molecular formula is C13H18FNO2. The molecule has 0 aromatic heterocycles. The summed E-state index contributed by atoms with van der Waals surface area (Å²) in [4.78, 5) is 4.78. The first kappa shape index (κ1) is 13.5. The predicted molar refractivity (Wildman–Crippen MR) is 65.8 cm³/mol. The number of hydrogen-bond donors (Lipinski definition) is 0. The summed E-state index contributed by atoms with van der Waals surface area (Å²) in [7, 11) is 1.49. The normalized spacial score (nSPS) is 12.4. The van der Waals surface area contributed by atoms with Crippen molar-refractivity contribution >= 4 is 5.71 Å². The first-order chi connectivity index (χ1) is 7.93. The lowest BCUT2D eigenvalue weighted by atomic mass is 9.90. The molecule has 0 atom stereocenters. The Morgan fingerprint density at radius 1 is 1.35 bits per heavy atom. The monoisotopic (exact) mass is 239 g/mol. The summed E-state index contributed by atoms with van der Waals surface area (Å²) >= 11 is 0. The van der Waals surface area contributed by atoms with Gasteiger partial charge in [-0.1, -0.05) is 32.0 Å². The van der Waals surface area contributed by atoms with E-state index in [1.54, 1.807) is 12.1 Å². The van der Waals surface area contributed by atoms with Gasteiger partial charge in [0.15, 0.2) is 0 Å². The summed E-state index contributed by atoms with van der Waals surface area (Å²) in [5, 5.41) is 3.93. The van der Waals surface area contributed by atoms with Gasteiger partial charge in [0.2, 0.25) is 0 Å². The van der Waals surface area contributed by atoms with E-state index in [1.807, 2.05) is 20.8 Å². The van der Waals surface area contributed by atoms with Gasteiger partial charge in [-0.25, -0.2) is 4.39 Å². The van der Waals surface area contributed by atoms with Gasteiger partial charge in [0.25, 0.3) is 0 Å². The summed E-state index contributed by atoms with van der Waals surface area (Å²) in [6.07, 6.45) is 0. The average Bonchev–Trinajstić information content (AvgIpc) is 2.22. The molecule has 0 spiro atoms. The minimum Gasteiger partial charge on any atom is -0.487 e. The molecule has 0 bridgehead atoms. The lowest BCUT2D eigenvalue weighted by molar-refractivity contribution is 0.204. The summed E-state index contributed by atoms with van der Waals surface area (Å²) in [6, 6.07) is 6.03. The fraction of sp³-hybridized carbons (Fsp3) is 0.462. The van der Waals surface area contributed by atoms with Gasteiger partial charge >= 0.3 is 0 Å². The maximum Gasteiger partial charge on any atom is 0.130 e. The Hall–Kier alpha value is -1.58. The van der Waals surface area contributed by atoms with Crippen molar-refractivity contribution in [3.8, 4) is 5.75 Å². The summed E-state index contributed by atoms with van der Waals surface area (Å²) in [6.45, 7) is 6.32. The van der Waals surface area contributed by atoms with E-state index in [1.165, 1.54) is 19.2 Å². The molecule has 0 heterocycles. The summed E-state index contributed by atoms with van der Waals surface area (Å²) < 4.78 is 18.4. The van der Waals surface area contributed by atoms with Crippen LogP contribution in [0.25, 0.3) is 0 Å². The Labute approximate surface area is 101 Å². The van der Waals surface area contributed by atoms with E-state index in [4.69, 9.17) is 9.57 Å². The van der Waals surface area contributed by atoms with Crippen LogP contribution in [-0.2, 0) is 4.84 Å². The number of halogens is 1. The van der Waals surface area contributed by atoms with E-state index >= 15 is 0 Å². The van der Waals surface area contributed by atoms with Gasteiger partial charge in [-0.05, 0) is 12.1 Å². The third-order valence-electron chi connectivity index (χ3n) is 2.24. The van der Waals surface area contributed by atoms with Crippen LogP contribution in [0.1, 0.15) is 20.8 Å². The van der Waals surface area contributed by atoms with E-state index < -0.39 is 0 Å². The van der Waals surface area contributed by atoms with Gasteiger partial charge in [-0.2, -0.15) is 0 Å². The number of ether oxygens (including phenoxy) is 1. The summed E-state index contributed by atoms with van der Waals surface area (Å²) in [5.74, 6) is 0.168. The minimum absolute atomic E-state index is 0.149. The van der Waals surface area contributed by atoms with E-state index in [9.17, 15) is 4.39 Å².